The van der Waals surface area contributed by atoms with Crippen molar-refractivity contribution < 1.29 is 4.79 Å². The molecule has 3 heteroatoms. The molecule has 1 fully saturated rings. The number of rotatable bonds is 2. The molecule has 0 radical (unpaired) electrons. The van der Waals surface area contributed by atoms with Crippen molar-refractivity contribution in [1.29, 1.82) is 0 Å². The van der Waals surface area contributed by atoms with Gasteiger partial charge in [-0.05, 0) is 18.8 Å². The van der Waals surface area contributed by atoms with Crippen molar-refractivity contribution in [3.05, 3.63) is 0 Å². The minimum Gasteiger partial charge on any atom is -0.294 e. The van der Waals surface area contributed by atoms with E-state index >= 15 is 0 Å². The Balaban J connectivity index is 2.29. The molecule has 0 atom stereocenters. The molecule has 1 saturated carbocycles. The van der Waals surface area contributed by atoms with Gasteiger partial charge in [0.25, 0.3) is 0 Å². The SMILES string of the molecule is NNC(=O)CC1CCCCCCCCCCC1. The Bertz CT molecular complexity index is 194. The summed E-state index contributed by atoms with van der Waals surface area (Å²) >= 11 is 0. The van der Waals surface area contributed by atoms with Crippen LogP contribution in [0.2, 0.25) is 0 Å². The Morgan fingerprint density at radius 2 is 1.29 bits per heavy atom. The predicted octanol–water partition coefficient (Wildman–Crippen LogP) is 3.29. The van der Waals surface area contributed by atoms with Crippen LogP contribution in [0.5, 0.6) is 0 Å². The van der Waals surface area contributed by atoms with E-state index in [0.717, 1.165) is 0 Å². The second-order valence-corrected chi connectivity index (χ2v) is 5.40. The average molecular weight is 240 g/mol. The van der Waals surface area contributed by atoms with E-state index in [-0.39, 0.29) is 5.91 Å². The number of carbonyl (C=O) groups is 1. The molecule has 0 bridgehead atoms. The molecule has 0 aromatic rings. The van der Waals surface area contributed by atoms with Gasteiger partial charge in [0.2, 0.25) is 5.91 Å². The van der Waals surface area contributed by atoms with Crippen molar-refractivity contribution in [1.82, 2.24) is 5.43 Å². The Labute approximate surface area is 105 Å². The van der Waals surface area contributed by atoms with Crippen LogP contribution in [0.15, 0.2) is 0 Å². The van der Waals surface area contributed by atoms with Crippen LogP contribution in [0.25, 0.3) is 0 Å². The molecule has 0 saturated heterocycles. The molecule has 1 aliphatic carbocycles. The lowest BCUT2D eigenvalue weighted by Gasteiger charge is -2.16. The van der Waals surface area contributed by atoms with Gasteiger partial charge in [-0.1, -0.05) is 57.8 Å². The Hall–Kier alpha value is -0.570. The van der Waals surface area contributed by atoms with Crippen molar-refractivity contribution >= 4 is 5.91 Å². The first kappa shape index (κ1) is 14.5. The van der Waals surface area contributed by atoms with Gasteiger partial charge >= 0.3 is 0 Å². The number of amides is 1. The highest BCUT2D eigenvalue weighted by Crippen LogP contribution is 2.23. The van der Waals surface area contributed by atoms with Crippen molar-refractivity contribution in [2.45, 2.75) is 77.0 Å². The second-order valence-electron chi connectivity index (χ2n) is 5.40. The van der Waals surface area contributed by atoms with Crippen molar-refractivity contribution in [3.63, 3.8) is 0 Å². The van der Waals surface area contributed by atoms with Crippen LogP contribution in [0, 0.1) is 5.92 Å². The van der Waals surface area contributed by atoms with Gasteiger partial charge in [-0.15, -0.1) is 0 Å². The molecule has 0 heterocycles. The molecule has 1 aliphatic rings. The quantitative estimate of drug-likeness (QED) is 0.442. The predicted molar refractivity (Wildman–Crippen MR) is 71.2 cm³/mol. The van der Waals surface area contributed by atoms with E-state index in [2.05, 4.69) is 5.43 Å². The molecule has 100 valence electrons. The maximum Gasteiger partial charge on any atom is 0.234 e. The standard InChI is InChI=1S/C14H28N2O/c15-16-14(17)12-13-10-8-6-4-2-1-3-5-7-9-11-13/h13H,1-12,15H2,(H,16,17). The molecule has 3 nitrogen and oxygen atoms in total. The van der Waals surface area contributed by atoms with Gasteiger partial charge in [0.15, 0.2) is 0 Å². The highest BCUT2D eigenvalue weighted by Gasteiger charge is 2.13. The normalized spacial score (nSPS) is 21.2. The first-order valence-electron chi connectivity index (χ1n) is 7.32. The van der Waals surface area contributed by atoms with E-state index in [9.17, 15) is 4.79 Å². The van der Waals surface area contributed by atoms with Crippen LogP contribution in [0.1, 0.15) is 77.0 Å². The fraction of sp³-hybridized carbons (Fsp3) is 0.929. The van der Waals surface area contributed by atoms with Gasteiger partial charge in [-0.25, -0.2) is 5.84 Å². The van der Waals surface area contributed by atoms with E-state index in [0.29, 0.717) is 12.3 Å². The van der Waals surface area contributed by atoms with Gasteiger partial charge in [0.05, 0.1) is 0 Å². The molecule has 1 rings (SSSR count). The molecule has 3 N–H and O–H groups in total. The third-order valence-electron chi connectivity index (χ3n) is 3.86. The maximum absolute atomic E-state index is 11.3. The molecular formula is C14H28N2O. The largest absolute Gasteiger partial charge is 0.294 e. The topological polar surface area (TPSA) is 55.1 Å². The fourth-order valence-electron chi connectivity index (χ4n) is 2.77. The van der Waals surface area contributed by atoms with Crippen LogP contribution in [-0.2, 0) is 4.79 Å². The third-order valence-corrected chi connectivity index (χ3v) is 3.86. The molecule has 0 spiro atoms. The van der Waals surface area contributed by atoms with Crippen LogP contribution < -0.4 is 11.3 Å². The first-order valence-corrected chi connectivity index (χ1v) is 7.32. The van der Waals surface area contributed by atoms with E-state index in [4.69, 9.17) is 5.84 Å². The minimum atomic E-state index is 0.00194. The van der Waals surface area contributed by atoms with Crippen LogP contribution in [0.3, 0.4) is 0 Å². The molecule has 17 heavy (non-hydrogen) atoms. The Kier molecular flexibility index (Phi) is 8.06. The highest BCUT2D eigenvalue weighted by molar-refractivity contribution is 5.75. The minimum absolute atomic E-state index is 0.00194. The van der Waals surface area contributed by atoms with Gasteiger partial charge in [0, 0.05) is 6.42 Å². The van der Waals surface area contributed by atoms with Crippen LogP contribution >= 0.6 is 0 Å². The molecule has 0 unspecified atom stereocenters. The summed E-state index contributed by atoms with van der Waals surface area (Å²) in [6.45, 7) is 0. The van der Waals surface area contributed by atoms with Gasteiger partial charge in [-0.3, -0.25) is 10.2 Å². The molecule has 0 aromatic carbocycles. The summed E-state index contributed by atoms with van der Waals surface area (Å²) < 4.78 is 0. The van der Waals surface area contributed by atoms with Gasteiger partial charge in [-0.2, -0.15) is 0 Å². The number of nitrogens with one attached hydrogen (secondary N) is 1. The second kappa shape index (κ2) is 9.46. The molecule has 1 amide bonds. The van der Waals surface area contributed by atoms with E-state index < -0.39 is 0 Å². The Morgan fingerprint density at radius 3 is 1.71 bits per heavy atom. The lowest BCUT2D eigenvalue weighted by Crippen LogP contribution is -2.31. The summed E-state index contributed by atoms with van der Waals surface area (Å²) in [5.41, 5.74) is 2.26. The summed E-state index contributed by atoms with van der Waals surface area (Å²) in [4.78, 5) is 11.3. The lowest BCUT2D eigenvalue weighted by atomic mass is 9.90. The number of nitrogens with two attached hydrogens (primary N) is 1. The lowest BCUT2D eigenvalue weighted by molar-refractivity contribution is -0.122. The third kappa shape index (κ3) is 7.37. The smallest absolute Gasteiger partial charge is 0.234 e. The van der Waals surface area contributed by atoms with Gasteiger partial charge < -0.3 is 0 Å². The number of carbonyl (C=O) groups excluding carboxylic acids is 1. The zero-order valence-corrected chi connectivity index (χ0v) is 11.0. The van der Waals surface area contributed by atoms with Crippen LogP contribution in [-0.4, -0.2) is 5.91 Å². The van der Waals surface area contributed by atoms with Crippen molar-refractivity contribution in [3.8, 4) is 0 Å². The van der Waals surface area contributed by atoms with Crippen LogP contribution in [0.4, 0.5) is 0 Å². The summed E-state index contributed by atoms with van der Waals surface area (Å²) in [5, 5.41) is 0. The summed E-state index contributed by atoms with van der Waals surface area (Å²) in [5.74, 6) is 5.72. The number of hydrogen-bond donors (Lipinski definition) is 2. The number of hydrogen-bond acceptors (Lipinski definition) is 2. The molecular weight excluding hydrogens is 212 g/mol. The zero-order valence-electron chi connectivity index (χ0n) is 11.0. The van der Waals surface area contributed by atoms with Crippen molar-refractivity contribution in [2.75, 3.05) is 0 Å². The summed E-state index contributed by atoms with van der Waals surface area (Å²) in [6.07, 6.45) is 15.2. The molecule has 0 aromatic heterocycles. The molecule has 0 aliphatic heterocycles. The van der Waals surface area contributed by atoms with Crippen molar-refractivity contribution in [2.24, 2.45) is 11.8 Å². The summed E-state index contributed by atoms with van der Waals surface area (Å²) in [6, 6.07) is 0. The maximum atomic E-state index is 11.3. The van der Waals surface area contributed by atoms with E-state index in [1.54, 1.807) is 0 Å². The van der Waals surface area contributed by atoms with E-state index in [1.165, 1.54) is 70.6 Å². The fourth-order valence-corrected chi connectivity index (χ4v) is 2.77. The van der Waals surface area contributed by atoms with E-state index in [1.807, 2.05) is 0 Å². The summed E-state index contributed by atoms with van der Waals surface area (Å²) in [7, 11) is 0. The monoisotopic (exact) mass is 240 g/mol. The van der Waals surface area contributed by atoms with Gasteiger partial charge in [0.1, 0.15) is 0 Å². The Morgan fingerprint density at radius 1 is 0.882 bits per heavy atom. The highest BCUT2D eigenvalue weighted by atomic mass is 16.2. The zero-order chi connectivity index (χ0) is 12.3. The first-order chi connectivity index (χ1) is 8.33. The average Bonchev–Trinajstić information content (AvgIpc) is 2.32. The number of hydrazine groups is 1.